The van der Waals surface area contributed by atoms with Gasteiger partial charge in [0.15, 0.2) is 11.6 Å². The number of carbonyl (C=O) groups is 2. The van der Waals surface area contributed by atoms with Crippen molar-refractivity contribution in [3.05, 3.63) is 200 Å². The molecule has 4 aliphatic carbocycles. The second-order valence-electron chi connectivity index (χ2n) is 15.7. The van der Waals surface area contributed by atoms with Crippen molar-refractivity contribution in [2.75, 3.05) is 0 Å². The molecule has 0 saturated carbocycles. The van der Waals surface area contributed by atoms with Crippen LogP contribution >= 0.6 is 23.5 Å². The third kappa shape index (κ3) is 6.53. The average molecular weight is 765 g/mol. The van der Waals surface area contributed by atoms with Crippen LogP contribution in [-0.2, 0) is 25.7 Å². The fourth-order valence-corrected chi connectivity index (χ4v) is 11.4. The number of carbonyl (C=O) groups excluding carboxylic acids is 2. The molecular formula is C52H44O2S2. The van der Waals surface area contributed by atoms with E-state index in [4.69, 9.17) is 0 Å². The fourth-order valence-electron chi connectivity index (χ4n) is 9.11. The van der Waals surface area contributed by atoms with Gasteiger partial charge in [-0.05, 0) is 119 Å². The molecule has 276 valence electrons. The van der Waals surface area contributed by atoms with E-state index in [9.17, 15) is 9.59 Å². The van der Waals surface area contributed by atoms with Gasteiger partial charge in [-0.15, -0.1) is 0 Å². The molecule has 56 heavy (non-hydrogen) atoms. The maximum absolute atomic E-state index is 12.2. The zero-order chi connectivity index (χ0) is 38.5. The lowest BCUT2D eigenvalue weighted by Crippen LogP contribution is -2.02. The van der Waals surface area contributed by atoms with Crippen molar-refractivity contribution in [2.24, 2.45) is 11.8 Å². The molecule has 0 spiro atoms. The molecule has 6 aromatic carbocycles. The number of Topliss-reactive ketones (excluding diaryl/α,β-unsaturated/α-hetero) is 2. The van der Waals surface area contributed by atoms with Crippen LogP contribution in [0.1, 0.15) is 92.9 Å². The van der Waals surface area contributed by atoms with Crippen LogP contribution in [0.5, 0.6) is 0 Å². The number of ketones is 2. The van der Waals surface area contributed by atoms with Crippen LogP contribution < -0.4 is 0 Å². The Bertz CT molecular complexity index is 2430. The molecule has 0 amide bonds. The molecule has 0 N–H and O–H groups in total. The van der Waals surface area contributed by atoms with Crippen LogP contribution in [0.3, 0.4) is 0 Å². The first kappa shape index (κ1) is 36.5. The standard InChI is InChI=1S/C32H26S.C20H18O2S/c1-21-19-27-25(31(21)23-11-5-3-6-12-23)15-9-17-29(27)33-30-18-10-16-26-28(30)20-22(2)32(26)24-13-7-4-8-14-24;1-11-9-15-13(19(11)21)5-3-7-17(15)23-18-8-4-6-14-16(18)10-12(2)20(14)22/h3-18H,19-20H2,1-2H3;3-8,11-12H,9-10H2,1-2H3. The molecule has 0 bridgehead atoms. The Hall–Kier alpha value is -5.16. The van der Waals surface area contributed by atoms with E-state index in [1.165, 1.54) is 76.6 Å². The third-order valence-electron chi connectivity index (χ3n) is 11.8. The van der Waals surface area contributed by atoms with E-state index in [0.29, 0.717) is 0 Å². The molecule has 10 rings (SSSR count). The molecule has 2 atom stereocenters. The molecule has 6 aromatic rings. The maximum Gasteiger partial charge on any atom is 0.166 e. The molecule has 2 unspecified atom stereocenters. The zero-order valence-electron chi connectivity index (χ0n) is 32.3. The quantitative estimate of drug-likeness (QED) is 0.169. The Morgan fingerprint density at radius 3 is 1.12 bits per heavy atom. The number of fused-ring (bicyclic) bond motifs is 4. The summed E-state index contributed by atoms with van der Waals surface area (Å²) in [6.45, 7) is 8.57. The average Bonchev–Trinajstić information content (AvgIpc) is 3.93. The lowest BCUT2D eigenvalue weighted by atomic mass is 9.98. The highest BCUT2D eigenvalue weighted by Crippen LogP contribution is 2.47. The van der Waals surface area contributed by atoms with E-state index in [1.54, 1.807) is 11.8 Å². The second kappa shape index (κ2) is 15.1. The SMILES string of the molecule is CC1=C(c2ccccc2)c2cccc(Sc3cccc4c3CC(C)=C4c3ccccc3)c2C1.CC1Cc2c(Sc3cccc4c3CC(C)C4=O)cccc2C1=O. The Morgan fingerprint density at radius 1 is 0.411 bits per heavy atom. The normalized spacial score (nSPS) is 17.8. The first-order chi connectivity index (χ1) is 27.3. The predicted molar refractivity (Wildman–Crippen MR) is 232 cm³/mol. The van der Waals surface area contributed by atoms with Gasteiger partial charge < -0.3 is 0 Å². The summed E-state index contributed by atoms with van der Waals surface area (Å²) in [7, 11) is 0. The largest absolute Gasteiger partial charge is 0.294 e. The fraction of sp³-hybridized carbons (Fsp3) is 0.192. The summed E-state index contributed by atoms with van der Waals surface area (Å²) in [6.07, 6.45) is 3.71. The summed E-state index contributed by atoms with van der Waals surface area (Å²) in [5.41, 5.74) is 18.2. The minimum Gasteiger partial charge on any atom is -0.294 e. The molecule has 0 fully saturated rings. The highest BCUT2D eigenvalue weighted by molar-refractivity contribution is 7.99. The molecule has 0 radical (unpaired) electrons. The Balaban J connectivity index is 0.000000156. The first-order valence-electron chi connectivity index (χ1n) is 19.7. The van der Waals surface area contributed by atoms with Gasteiger partial charge in [-0.3, -0.25) is 9.59 Å². The van der Waals surface area contributed by atoms with Gasteiger partial charge in [0.25, 0.3) is 0 Å². The van der Waals surface area contributed by atoms with Gasteiger partial charge in [-0.25, -0.2) is 0 Å². The number of hydrogen-bond acceptors (Lipinski definition) is 4. The van der Waals surface area contributed by atoms with Gasteiger partial charge in [-0.1, -0.05) is 158 Å². The van der Waals surface area contributed by atoms with Gasteiger partial charge in [0, 0.05) is 42.5 Å². The molecule has 0 heterocycles. The summed E-state index contributed by atoms with van der Waals surface area (Å²) in [5.74, 6) is 0.666. The highest BCUT2D eigenvalue weighted by Gasteiger charge is 2.32. The molecule has 2 nitrogen and oxygen atoms in total. The molecule has 0 aliphatic heterocycles. The van der Waals surface area contributed by atoms with Crippen molar-refractivity contribution in [3.63, 3.8) is 0 Å². The number of allylic oxidation sites excluding steroid dienone is 2. The molecule has 4 aliphatic rings. The van der Waals surface area contributed by atoms with Crippen LogP contribution in [0.15, 0.2) is 164 Å². The molecular weight excluding hydrogens is 721 g/mol. The van der Waals surface area contributed by atoms with Crippen LogP contribution in [0.4, 0.5) is 0 Å². The Morgan fingerprint density at radius 2 is 0.750 bits per heavy atom. The van der Waals surface area contributed by atoms with Crippen LogP contribution in [0.2, 0.25) is 0 Å². The van der Waals surface area contributed by atoms with Crippen molar-refractivity contribution in [1.82, 2.24) is 0 Å². The van der Waals surface area contributed by atoms with Gasteiger partial charge in [0.2, 0.25) is 0 Å². The van der Waals surface area contributed by atoms with Crippen LogP contribution in [-0.4, -0.2) is 11.6 Å². The molecule has 0 saturated heterocycles. The van der Waals surface area contributed by atoms with E-state index in [0.717, 1.165) is 46.6 Å². The van der Waals surface area contributed by atoms with Crippen molar-refractivity contribution in [1.29, 1.82) is 0 Å². The lowest BCUT2D eigenvalue weighted by molar-refractivity contribution is 0.0939. The summed E-state index contributed by atoms with van der Waals surface area (Å²) in [5, 5.41) is 0. The number of benzene rings is 6. The van der Waals surface area contributed by atoms with E-state index in [-0.39, 0.29) is 23.4 Å². The van der Waals surface area contributed by atoms with E-state index < -0.39 is 0 Å². The van der Waals surface area contributed by atoms with Crippen molar-refractivity contribution >= 4 is 46.2 Å². The predicted octanol–water partition coefficient (Wildman–Crippen LogP) is 13.2. The monoisotopic (exact) mass is 764 g/mol. The second-order valence-corrected chi connectivity index (χ2v) is 17.8. The number of hydrogen-bond donors (Lipinski definition) is 0. The first-order valence-corrected chi connectivity index (χ1v) is 21.3. The Kier molecular flexibility index (Phi) is 9.81. The number of rotatable bonds is 6. The maximum atomic E-state index is 12.2. The van der Waals surface area contributed by atoms with Crippen molar-refractivity contribution in [3.8, 4) is 0 Å². The van der Waals surface area contributed by atoms with Gasteiger partial charge in [0.1, 0.15) is 0 Å². The topological polar surface area (TPSA) is 34.1 Å². The summed E-state index contributed by atoms with van der Waals surface area (Å²) in [6, 6.07) is 47.3. The minimum absolute atomic E-state index is 0.0786. The van der Waals surface area contributed by atoms with Crippen LogP contribution in [0, 0.1) is 11.8 Å². The van der Waals surface area contributed by atoms with Gasteiger partial charge in [-0.2, -0.15) is 0 Å². The Labute approximate surface area is 339 Å². The summed E-state index contributed by atoms with van der Waals surface area (Å²) >= 11 is 3.65. The smallest absolute Gasteiger partial charge is 0.166 e. The van der Waals surface area contributed by atoms with E-state index in [2.05, 4.69) is 123 Å². The zero-order valence-corrected chi connectivity index (χ0v) is 34.0. The lowest BCUT2D eigenvalue weighted by Gasteiger charge is -2.14. The van der Waals surface area contributed by atoms with Crippen molar-refractivity contribution in [2.45, 2.75) is 73.0 Å². The minimum atomic E-state index is 0.0786. The van der Waals surface area contributed by atoms with Crippen molar-refractivity contribution < 1.29 is 9.59 Å². The highest BCUT2D eigenvalue weighted by atomic mass is 32.2. The van der Waals surface area contributed by atoms with E-state index >= 15 is 0 Å². The summed E-state index contributed by atoms with van der Waals surface area (Å²) in [4.78, 5) is 29.5. The summed E-state index contributed by atoms with van der Waals surface area (Å²) < 4.78 is 0. The third-order valence-corrected chi connectivity index (χ3v) is 14.2. The van der Waals surface area contributed by atoms with Crippen LogP contribution in [0.25, 0.3) is 11.1 Å². The van der Waals surface area contributed by atoms with Gasteiger partial charge in [0.05, 0.1) is 0 Å². The van der Waals surface area contributed by atoms with E-state index in [1.807, 2.05) is 49.9 Å². The molecule has 4 heteroatoms. The van der Waals surface area contributed by atoms with Gasteiger partial charge >= 0.3 is 0 Å². The molecule has 0 aromatic heterocycles.